The summed E-state index contributed by atoms with van der Waals surface area (Å²) in [5, 5.41) is 16.1. The molecule has 0 aliphatic carbocycles. The first-order valence-electron chi connectivity index (χ1n) is 7.86. The fourth-order valence-corrected chi connectivity index (χ4v) is 2.64. The molecule has 6 nitrogen and oxygen atoms in total. The van der Waals surface area contributed by atoms with Crippen molar-refractivity contribution in [3.63, 3.8) is 0 Å². The average molecular weight is 349 g/mol. The van der Waals surface area contributed by atoms with Crippen LogP contribution in [-0.4, -0.2) is 15.7 Å². The minimum atomic E-state index is -0.806. The van der Waals surface area contributed by atoms with Crippen molar-refractivity contribution in [1.82, 2.24) is 9.78 Å². The molecule has 1 atom stereocenters. The molecule has 3 N–H and O–H groups in total. The van der Waals surface area contributed by atoms with Crippen LogP contribution in [0.4, 0.5) is 10.1 Å². The highest BCUT2D eigenvalue weighted by atomic mass is 19.1. The smallest absolute Gasteiger partial charge is 0.244 e. The lowest BCUT2D eigenvalue weighted by Gasteiger charge is -2.17. The maximum absolute atomic E-state index is 14.0. The van der Waals surface area contributed by atoms with Gasteiger partial charge in [-0.25, -0.2) is 9.07 Å². The fourth-order valence-electron chi connectivity index (χ4n) is 2.64. The van der Waals surface area contributed by atoms with Gasteiger partial charge in [-0.3, -0.25) is 4.79 Å². The second-order valence-electron chi connectivity index (χ2n) is 5.72. The Morgan fingerprint density at radius 1 is 1.27 bits per heavy atom. The largest absolute Gasteiger partial charge is 0.368 e. The summed E-state index contributed by atoms with van der Waals surface area (Å²) < 4.78 is 15.5. The molecule has 1 heterocycles. The quantitative estimate of drug-likeness (QED) is 0.740. The van der Waals surface area contributed by atoms with Crippen LogP contribution in [0.1, 0.15) is 22.9 Å². The standard InChI is InChI=1S/C19H16FN5O/c1-12-16(11-23-25(12)17-5-3-2-4-15(17)20)24-18(19(22)26)14-8-6-13(10-21)7-9-14/h2-9,11,18,24H,1H3,(H2,22,26)/t18-/m0/s1. The number of amides is 1. The van der Waals surface area contributed by atoms with Crippen LogP contribution in [0.15, 0.2) is 54.7 Å². The molecule has 130 valence electrons. The number of nitrogens with zero attached hydrogens (tertiary/aromatic N) is 3. The number of benzene rings is 2. The molecule has 26 heavy (non-hydrogen) atoms. The Hall–Kier alpha value is -3.66. The molecule has 0 radical (unpaired) electrons. The SMILES string of the molecule is Cc1c(N[C@H](C(N)=O)c2ccc(C#N)cc2)cnn1-c1ccccc1F. The van der Waals surface area contributed by atoms with Gasteiger partial charge in [0.1, 0.15) is 17.5 Å². The second-order valence-corrected chi connectivity index (χ2v) is 5.72. The normalized spacial score (nSPS) is 11.6. The number of nitrogens with two attached hydrogens (primary N) is 1. The number of primary amides is 1. The summed E-state index contributed by atoms with van der Waals surface area (Å²) in [6, 6.07) is 14.1. The van der Waals surface area contributed by atoms with E-state index in [0.717, 1.165) is 0 Å². The van der Waals surface area contributed by atoms with Gasteiger partial charge in [0, 0.05) is 0 Å². The van der Waals surface area contributed by atoms with Gasteiger partial charge >= 0.3 is 0 Å². The number of hydrogen-bond donors (Lipinski definition) is 2. The van der Waals surface area contributed by atoms with Gasteiger partial charge in [-0.15, -0.1) is 0 Å². The summed E-state index contributed by atoms with van der Waals surface area (Å²) in [6.07, 6.45) is 1.52. The Kier molecular flexibility index (Phi) is 4.67. The Balaban J connectivity index is 1.92. The molecule has 0 unspecified atom stereocenters. The first-order chi connectivity index (χ1) is 12.5. The molecule has 2 aromatic carbocycles. The number of aromatic nitrogens is 2. The van der Waals surface area contributed by atoms with E-state index in [2.05, 4.69) is 10.4 Å². The first kappa shape index (κ1) is 17.2. The second kappa shape index (κ2) is 7.07. The number of halogens is 1. The number of carbonyl (C=O) groups excluding carboxylic acids is 1. The number of rotatable bonds is 5. The van der Waals surface area contributed by atoms with Crippen LogP contribution in [-0.2, 0) is 4.79 Å². The van der Waals surface area contributed by atoms with E-state index >= 15 is 0 Å². The topological polar surface area (TPSA) is 96.7 Å². The van der Waals surface area contributed by atoms with Crippen molar-refractivity contribution in [2.24, 2.45) is 5.73 Å². The molecule has 0 aliphatic heterocycles. The molecular weight excluding hydrogens is 333 g/mol. The summed E-state index contributed by atoms with van der Waals surface area (Å²) in [5.74, 6) is -0.975. The minimum absolute atomic E-state index is 0.312. The number of nitrogens with one attached hydrogen (secondary N) is 1. The Bertz CT molecular complexity index is 988. The molecule has 0 spiro atoms. The fraction of sp³-hybridized carbons (Fsp3) is 0.105. The first-order valence-corrected chi connectivity index (χ1v) is 7.86. The number of anilines is 1. The third-order valence-electron chi connectivity index (χ3n) is 4.05. The molecule has 0 bridgehead atoms. The van der Waals surface area contributed by atoms with Crippen molar-refractivity contribution >= 4 is 11.6 Å². The van der Waals surface area contributed by atoms with Gasteiger partial charge in [-0.05, 0) is 36.8 Å². The summed E-state index contributed by atoms with van der Waals surface area (Å²) in [6.45, 7) is 1.76. The molecule has 3 aromatic rings. The van der Waals surface area contributed by atoms with Crippen LogP contribution >= 0.6 is 0 Å². The van der Waals surface area contributed by atoms with E-state index in [1.807, 2.05) is 6.07 Å². The van der Waals surface area contributed by atoms with E-state index < -0.39 is 17.8 Å². The van der Waals surface area contributed by atoms with E-state index in [0.29, 0.717) is 28.2 Å². The zero-order valence-corrected chi connectivity index (χ0v) is 14.0. The predicted molar refractivity (Wildman–Crippen MR) is 95.0 cm³/mol. The van der Waals surface area contributed by atoms with Crippen LogP contribution in [0.3, 0.4) is 0 Å². The molecule has 1 amide bonds. The summed E-state index contributed by atoms with van der Waals surface area (Å²) in [4.78, 5) is 11.9. The predicted octanol–water partition coefficient (Wildman–Crippen LogP) is 2.83. The van der Waals surface area contributed by atoms with E-state index in [9.17, 15) is 9.18 Å². The Morgan fingerprint density at radius 2 is 1.96 bits per heavy atom. The van der Waals surface area contributed by atoms with Crippen molar-refractivity contribution in [1.29, 1.82) is 5.26 Å². The molecule has 3 rings (SSSR count). The lowest BCUT2D eigenvalue weighted by molar-refractivity contribution is -0.118. The van der Waals surface area contributed by atoms with E-state index in [1.165, 1.54) is 16.9 Å². The number of nitriles is 1. The van der Waals surface area contributed by atoms with Gasteiger partial charge in [-0.1, -0.05) is 24.3 Å². The number of hydrogen-bond acceptors (Lipinski definition) is 4. The maximum atomic E-state index is 14.0. The maximum Gasteiger partial charge on any atom is 0.244 e. The Labute approximate surface area is 149 Å². The highest BCUT2D eigenvalue weighted by Gasteiger charge is 2.20. The molecule has 0 aliphatic rings. The van der Waals surface area contributed by atoms with Crippen LogP contribution in [0.25, 0.3) is 5.69 Å². The summed E-state index contributed by atoms with van der Waals surface area (Å²) in [7, 11) is 0. The molecule has 7 heteroatoms. The third-order valence-corrected chi connectivity index (χ3v) is 4.05. The lowest BCUT2D eigenvalue weighted by atomic mass is 10.0. The Morgan fingerprint density at radius 3 is 2.58 bits per heavy atom. The van der Waals surface area contributed by atoms with Crippen molar-refractivity contribution in [2.45, 2.75) is 13.0 Å². The third kappa shape index (κ3) is 3.26. The van der Waals surface area contributed by atoms with Crippen LogP contribution in [0.5, 0.6) is 0 Å². The van der Waals surface area contributed by atoms with Crippen LogP contribution in [0.2, 0.25) is 0 Å². The van der Waals surface area contributed by atoms with Gasteiger partial charge in [0.05, 0.1) is 29.2 Å². The van der Waals surface area contributed by atoms with E-state index in [1.54, 1.807) is 49.4 Å². The van der Waals surface area contributed by atoms with Gasteiger partial charge in [0.2, 0.25) is 5.91 Å². The van der Waals surface area contributed by atoms with Gasteiger partial charge in [0.25, 0.3) is 0 Å². The van der Waals surface area contributed by atoms with Gasteiger partial charge in [-0.2, -0.15) is 10.4 Å². The highest BCUT2D eigenvalue weighted by molar-refractivity contribution is 5.84. The molecule has 0 fully saturated rings. The van der Waals surface area contributed by atoms with Crippen molar-refractivity contribution in [3.8, 4) is 11.8 Å². The molecular formula is C19H16FN5O. The van der Waals surface area contributed by atoms with Crippen LogP contribution in [0, 0.1) is 24.1 Å². The van der Waals surface area contributed by atoms with Crippen molar-refractivity contribution in [3.05, 3.63) is 77.4 Å². The zero-order chi connectivity index (χ0) is 18.7. The average Bonchev–Trinajstić information content (AvgIpc) is 3.00. The van der Waals surface area contributed by atoms with Crippen molar-refractivity contribution < 1.29 is 9.18 Å². The van der Waals surface area contributed by atoms with Gasteiger partial charge in [0.15, 0.2) is 0 Å². The van der Waals surface area contributed by atoms with E-state index in [-0.39, 0.29) is 0 Å². The van der Waals surface area contributed by atoms with Crippen molar-refractivity contribution in [2.75, 3.05) is 5.32 Å². The number of carbonyl (C=O) groups is 1. The minimum Gasteiger partial charge on any atom is -0.368 e. The molecule has 0 saturated heterocycles. The zero-order valence-electron chi connectivity index (χ0n) is 14.0. The van der Waals surface area contributed by atoms with Crippen LogP contribution < -0.4 is 11.1 Å². The summed E-state index contributed by atoms with van der Waals surface area (Å²) >= 11 is 0. The molecule has 0 saturated carbocycles. The lowest BCUT2D eigenvalue weighted by Crippen LogP contribution is -2.27. The monoisotopic (exact) mass is 349 g/mol. The van der Waals surface area contributed by atoms with E-state index in [4.69, 9.17) is 11.0 Å². The number of para-hydroxylation sites is 1. The summed E-state index contributed by atoms with van der Waals surface area (Å²) in [5.41, 5.74) is 8.14. The molecule has 1 aromatic heterocycles. The van der Waals surface area contributed by atoms with Gasteiger partial charge < -0.3 is 11.1 Å². The highest BCUT2D eigenvalue weighted by Crippen LogP contribution is 2.25.